The van der Waals surface area contributed by atoms with Crippen LogP contribution in [-0.4, -0.2) is 9.56 Å². The summed E-state index contributed by atoms with van der Waals surface area (Å²) in [5.74, 6) is 0. The van der Waals surface area contributed by atoms with Crippen molar-refractivity contribution in [2.75, 3.05) is 0 Å². The van der Waals surface area contributed by atoms with Gasteiger partial charge < -0.3 is 8.92 Å². The fraction of sp³-hybridized carbons (Fsp3) is 0.348. The van der Waals surface area contributed by atoms with Gasteiger partial charge in [-0.3, -0.25) is 0 Å². The Kier molecular flexibility index (Phi) is 4.66. The molecule has 3 aromatic heterocycles. The van der Waals surface area contributed by atoms with Gasteiger partial charge in [-0.15, -0.1) is 0 Å². The molecule has 0 radical (unpaired) electrons. The van der Waals surface area contributed by atoms with Crippen molar-refractivity contribution in [2.45, 2.75) is 52.4 Å². The Morgan fingerprint density at radius 1 is 0.769 bits per heavy atom. The van der Waals surface area contributed by atoms with Crippen LogP contribution in [0.4, 0.5) is 0 Å². The molecule has 1 aromatic carbocycles. The van der Waals surface area contributed by atoms with Gasteiger partial charge in [-0.2, -0.15) is 0 Å². The minimum absolute atomic E-state index is 0.0482. The van der Waals surface area contributed by atoms with Crippen LogP contribution in [0.1, 0.15) is 52.8 Å². The maximum absolute atomic E-state index is 5.23. The molecule has 3 heterocycles. The summed E-state index contributed by atoms with van der Waals surface area (Å²) in [7, 11) is 0. The average Bonchev–Trinajstić information content (AvgIpc) is 3.19. The Bertz CT molecular complexity index is 926. The van der Waals surface area contributed by atoms with E-state index in [-0.39, 0.29) is 10.8 Å². The van der Waals surface area contributed by atoms with Crippen LogP contribution in [0.25, 0.3) is 16.5 Å². The van der Waals surface area contributed by atoms with Crippen LogP contribution >= 0.6 is 0 Å². The largest absolute Gasteiger partial charge is 0.356 e. The van der Waals surface area contributed by atoms with Crippen LogP contribution in [0.15, 0.2) is 65.4 Å². The van der Waals surface area contributed by atoms with E-state index in [1.807, 2.05) is 24.3 Å². The number of pyridine rings is 1. The Morgan fingerprint density at radius 2 is 1.46 bits per heavy atom. The molecule has 0 amide bonds. The summed E-state index contributed by atoms with van der Waals surface area (Å²) in [4.78, 5) is 0. The van der Waals surface area contributed by atoms with E-state index in [0.29, 0.717) is 0 Å². The van der Waals surface area contributed by atoms with E-state index in [4.69, 9.17) is 4.52 Å². The predicted molar refractivity (Wildman–Crippen MR) is 109 cm³/mol. The van der Waals surface area contributed by atoms with Gasteiger partial charge in [0.25, 0.3) is 0 Å². The van der Waals surface area contributed by atoms with Crippen molar-refractivity contribution in [2.24, 2.45) is 0 Å². The first-order chi connectivity index (χ1) is 12.2. The third kappa shape index (κ3) is 3.67. The molecular weight excluding hydrogens is 320 g/mol. The van der Waals surface area contributed by atoms with Crippen LogP contribution < -0.4 is 0 Å². The maximum Gasteiger partial charge on any atom is 0.167 e. The average molecular weight is 348 g/mol. The highest BCUT2D eigenvalue weighted by molar-refractivity contribution is 5.80. The number of rotatable bonds is 0. The quantitative estimate of drug-likeness (QED) is 0.370. The van der Waals surface area contributed by atoms with E-state index in [1.165, 1.54) is 11.1 Å². The van der Waals surface area contributed by atoms with E-state index >= 15 is 0 Å². The highest BCUT2D eigenvalue weighted by atomic mass is 16.5. The van der Waals surface area contributed by atoms with Crippen molar-refractivity contribution in [3.8, 4) is 0 Å². The van der Waals surface area contributed by atoms with Crippen molar-refractivity contribution >= 4 is 16.5 Å². The van der Waals surface area contributed by atoms with E-state index in [0.717, 1.165) is 16.7 Å². The highest BCUT2D eigenvalue weighted by Gasteiger charge is 2.21. The van der Waals surface area contributed by atoms with Crippen LogP contribution in [0.2, 0.25) is 0 Å². The molecule has 0 saturated heterocycles. The molecule has 0 spiro atoms. The van der Waals surface area contributed by atoms with Gasteiger partial charge in [0.05, 0.1) is 5.69 Å². The van der Waals surface area contributed by atoms with Gasteiger partial charge in [0.15, 0.2) is 5.58 Å². The molecule has 0 atom stereocenters. The smallest absolute Gasteiger partial charge is 0.167 e. The molecule has 0 aliphatic carbocycles. The van der Waals surface area contributed by atoms with Crippen LogP contribution in [0.3, 0.4) is 0 Å². The lowest BCUT2D eigenvalue weighted by atomic mass is 9.88. The molecule has 0 aliphatic rings. The molecule has 0 saturated carbocycles. The third-order valence-electron chi connectivity index (χ3n) is 4.46. The Balaban J connectivity index is 0.000000151. The molecule has 0 fully saturated rings. The molecule has 4 aromatic rings. The molecule has 0 aliphatic heterocycles. The number of benzene rings is 1. The number of fused-ring (bicyclic) bond motifs is 2. The molecular formula is C23H28N2O. The topological polar surface area (TPSA) is 30.4 Å². The van der Waals surface area contributed by atoms with Crippen molar-refractivity contribution in [3.05, 3.63) is 72.2 Å². The van der Waals surface area contributed by atoms with Gasteiger partial charge in [-0.05, 0) is 41.3 Å². The fourth-order valence-electron chi connectivity index (χ4n) is 3.12. The maximum atomic E-state index is 5.23. The lowest BCUT2D eigenvalue weighted by Crippen LogP contribution is -2.11. The molecule has 3 nitrogen and oxygen atoms in total. The molecule has 3 heteroatoms. The molecule has 136 valence electrons. The van der Waals surface area contributed by atoms with E-state index < -0.39 is 0 Å². The van der Waals surface area contributed by atoms with E-state index in [1.54, 1.807) is 0 Å². The summed E-state index contributed by atoms with van der Waals surface area (Å²) >= 11 is 0. The third-order valence-corrected chi connectivity index (χ3v) is 4.46. The molecule has 26 heavy (non-hydrogen) atoms. The summed E-state index contributed by atoms with van der Waals surface area (Å²) in [5.41, 5.74) is 4.90. The first kappa shape index (κ1) is 18.2. The van der Waals surface area contributed by atoms with Gasteiger partial charge in [0, 0.05) is 28.7 Å². The molecule has 4 rings (SSSR count). The summed E-state index contributed by atoms with van der Waals surface area (Å²) in [6.45, 7) is 13.1. The fourth-order valence-corrected chi connectivity index (χ4v) is 3.12. The zero-order valence-corrected chi connectivity index (χ0v) is 16.6. The van der Waals surface area contributed by atoms with E-state index in [2.05, 4.69) is 87.8 Å². The SMILES string of the molecule is CC(C)(C)c1ccn2ccccc12.CC(C)(C)c1noc2ccccc12. The lowest BCUT2D eigenvalue weighted by molar-refractivity contribution is 0.419. The van der Waals surface area contributed by atoms with Crippen molar-refractivity contribution < 1.29 is 4.52 Å². The molecule has 0 bridgehead atoms. The van der Waals surface area contributed by atoms with Crippen molar-refractivity contribution in [1.29, 1.82) is 0 Å². The minimum atomic E-state index is 0.0482. The number of hydrogen-bond donors (Lipinski definition) is 0. The van der Waals surface area contributed by atoms with Crippen LogP contribution in [0.5, 0.6) is 0 Å². The predicted octanol–water partition coefficient (Wildman–Crippen LogP) is 6.36. The number of para-hydroxylation sites is 1. The van der Waals surface area contributed by atoms with Crippen molar-refractivity contribution in [1.82, 2.24) is 9.56 Å². The summed E-state index contributed by atoms with van der Waals surface area (Å²) < 4.78 is 7.39. The van der Waals surface area contributed by atoms with Gasteiger partial charge in [0.1, 0.15) is 0 Å². The second kappa shape index (κ2) is 6.64. The van der Waals surface area contributed by atoms with Gasteiger partial charge in [0.2, 0.25) is 0 Å². The number of aromatic nitrogens is 2. The highest BCUT2D eigenvalue weighted by Crippen LogP contribution is 2.29. The first-order valence-corrected chi connectivity index (χ1v) is 9.09. The normalized spacial score (nSPS) is 12.2. The van der Waals surface area contributed by atoms with Crippen molar-refractivity contribution in [3.63, 3.8) is 0 Å². The Hall–Kier alpha value is -2.55. The number of hydrogen-bond acceptors (Lipinski definition) is 2. The second-order valence-corrected chi connectivity index (χ2v) is 8.75. The van der Waals surface area contributed by atoms with Crippen LogP contribution in [-0.2, 0) is 10.8 Å². The Morgan fingerprint density at radius 3 is 2.15 bits per heavy atom. The molecule has 0 N–H and O–H groups in total. The zero-order valence-electron chi connectivity index (χ0n) is 16.6. The van der Waals surface area contributed by atoms with Crippen LogP contribution in [0, 0.1) is 0 Å². The Labute approximate surface area is 155 Å². The van der Waals surface area contributed by atoms with Gasteiger partial charge in [-0.25, -0.2) is 0 Å². The molecule has 0 unspecified atom stereocenters. The summed E-state index contributed by atoms with van der Waals surface area (Å²) in [6.07, 6.45) is 4.21. The minimum Gasteiger partial charge on any atom is -0.356 e. The van der Waals surface area contributed by atoms with Gasteiger partial charge >= 0.3 is 0 Å². The standard InChI is InChI=1S/C12H15N.C11H13NO/c1-12(2,3)10-7-9-13-8-5-4-6-11(10)13;1-11(2,3)10-8-6-4-5-7-9(8)13-12-10/h4-9H,1-3H3;4-7H,1-3H3. The number of nitrogens with zero attached hydrogens (tertiary/aromatic N) is 2. The summed E-state index contributed by atoms with van der Waals surface area (Å²) in [6, 6.07) is 16.5. The van der Waals surface area contributed by atoms with E-state index in [9.17, 15) is 0 Å². The summed E-state index contributed by atoms with van der Waals surface area (Å²) in [5, 5.41) is 5.21. The second-order valence-electron chi connectivity index (χ2n) is 8.75. The van der Waals surface area contributed by atoms with Gasteiger partial charge in [-0.1, -0.05) is 64.9 Å². The lowest BCUT2D eigenvalue weighted by Gasteiger charge is -2.17. The first-order valence-electron chi connectivity index (χ1n) is 9.09. The zero-order chi connectivity index (χ0) is 18.9. The monoisotopic (exact) mass is 348 g/mol.